The number of aryl methyl sites for hydroxylation is 1. The Bertz CT molecular complexity index is 774. The fraction of sp³-hybridized carbons (Fsp3) is 0.438. The van der Waals surface area contributed by atoms with Gasteiger partial charge in [-0.2, -0.15) is 4.72 Å². The minimum Gasteiger partial charge on any atom is -0.451 e. The van der Waals surface area contributed by atoms with Crippen LogP contribution in [0.5, 0.6) is 0 Å². The van der Waals surface area contributed by atoms with Gasteiger partial charge in [0.05, 0.1) is 4.90 Å². The summed E-state index contributed by atoms with van der Waals surface area (Å²) >= 11 is 0. The first-order chi connectivity index (χ1) is 11.9. The Balaban J connectivity index is 2.91. The van der Waals surface area contributed by atoms with Crippen LogP contribution in [-0.2, 0) is 24.3 Å². The second kappa shape index (κ2) is 8.77. The molecule has 9 nitrogen and oxygen atoms in total. The zero-order chi connectivity index (χ0) is 20.1. The molecular weight excluding hydrogens is 362 g/mol. The molecule has 0 saturated heterocycles. The highest BCUT2D eigenvalue weighted by molar-refractivity contribution is 7.89. The average molecular weight is 385 g/mol. The molecule has 0 radical (unpaired) electrons. The highest BCUT2D eigenvalue weighted by Gasteiger charge is 2.32. The van der Waals surface area contributed by atoms with Gasteiger partial charge in [0.2, 0.25) is 10.0 Å². The van der Waals surface area contributed by atoms with Gasteiger partial charge < -0.3 is 10.5 Å². The van der Waals surface area contributed by atoms with Crippen LogP contribution < -0.4 is 15.8 Å². The Kier molecular flexibility index (Phi) is 7.28. The predicted octanol–water partition coefficient (Wildman–Crippen LogP) is 0.425. The van der Waals surface area contributed by atoms with Crippen LogP contribution in [-0.4, -0.2) is 38.5 Å². The topological polar surface area (TPSA) is 145 Å². The Labute approximate surface area is 152 Å². The lowest BCUT2D eigenvalue weighted by Crippen LogP contribution is -2.48. The number of esters is 1. The Morgan fingerprint density at radius 3 is 2.08 bits per heavy atom. The predicted molar refractivity (Wildman–Crippen MR) is 93.4 cm³/mol. The summed E-state index contributed by atoms with van der Waals surface area (Å²) in [6.45, 7) is 6.30. The molecule has 0 fully saturated rings. The first-order valence-electron chi connectivity index (χ1n) is 7.84. The number of urea groups is 1. The highest BCUT2D eigenvalue weighted by atomic mass is 32.2. The second-order valence-corrected chi connectivity index (χ2v) is 7.80. The van der Waals surface area contributed by atoms with Gasteiger partial charge in [0, 0.05) is 0 Å². The third-order valence-electron chi connectivity index (χ3n) is 3.44. The van der Waals surface area contributed by atoms with E-state index in [1.807, 2.05) is 6.92 Å². The maximum Gasteiger partial charge on any atom is 0.325 e. The van der Waals surface area contributed by atoms with Crippen LogP contribution in [0.25, 0.3) is 0 Å². The molecule has 144 valence electrons. The van der Waals surface area contributed by atoms with Crippen molar-refractivity contribution in [2.75, 3.05) is 0 Å². The molecule has 1 rings (SSSR count). The number of nitrogens with two attached hydrogens (primary N) is 1. The van der Waals surface area contributed by atoms with Gasteiger partial charge in [-0.25, -0.2) is 13.2 Å². The second-order valence-electron chi connectivity index (χ2n) is 6.09. The van der Waals surface area contributed by atoms with Crippen LogP contribution in [0.1, 0.15) is 26.3 Å². The van der Waals surface area contributed by atoms with Crippen molar-refractivity contribution in [1.29, 1.82) is 0 Å². The van der Waals surface area contributed by atoms with E-state index in [4.69, 9.17) is 10.5 Å². The number of primary amides is 1. The molecule has 1 aromatic carbocycles. The number of benzene rings is 1. The molecule has 2 atom stereocenters. The van der Waals surface area contributed by atoms with Crippen molar-refractivity contribution in [2.24, 2.45) is 11.7 Å². The molecule has 0 heterocycles. The fourth-order valence-corrected chi connectivity index (χ4v) is 3.27. The van der Waals surface area contributed by atoms with E-state index in [2.05, 4.69) is 4.72 Å². The summed E-state index contributed by atoms with van der Waals surface area (Å²) in [5, 5.41) is 1.78. The Hall–Kier alpha value is -2.46. The molecular formula is C16H23N3O6S. The maximum atomic E-state index is 12.5. The smallest absolute Gasteiger partial charge is 0.325 e. The van der Waals surface area contributed by atoms with Crippen molar-refractivity contribution >= 4 is 27.9 Å². The quantitative estimate of drug-likeness (QED) is 0.580. The number of hydrogen-bond acceptors (Lipinski definition) is 6. The zero-order valence-electron chi connectivity index (χ0n) is 15.0. The first kappa shape index (κ1) is 21.6. The maximum absolute atomic E-state index is 12.5. The number of hydrogen-bond donors (Lipinski definition) is 3. The lowest BCUT2D eigenvalue weighted by Gasteiger charge is -2.22. The van der Waals surface area contributed by atoms with Gasteiger partial charge in [-0.3, -0.25) is 14.9 Å². The molecule has 0 aliphatic heterocycles. The lowest BCUT2D eigenvalue weighted by molar-refractivity contribution is -0.157. The van der Waals surface area contributed by atoms with E-state index < -0.39 is 46.0 Å². The molecule has 3 amide bonds. The molecule has 0 bridgehead atoms. The number of amides is 3. The molecule has 0 aromatic heterocycles. The molecule has 0 unspecified atom stereocenters. The van der Waals surface area contributed by atoms with Crippen molar-refractivity contribution in [3.05, 3.63) is 29.8 Å². The summed E-state index contributed by atoms with van der Waals surface area (Å²) in [5.74, 6) is -2.30. The van der Waals surface area contributed by atoms with Crippen LogP contribution in [0.3, 0.4) is 0 Å². The highest BCUT2D eigenvalue weighted by Crippen LogP contribution is 2.14. The number of nitrogens with one attached hydrogen (secondary N) is 2. The van der Waals surface area contributed by atoms with E-state index in [0.29, 0.717) is 0 Å². The summed E-state index contributed by atoms with van der Waals surface area (Å²) in [7, 11) is -3.97. The van der Waals surface area contributed by atoms with Crippen LogP contribution in [0.2, 0.25) is 0 Å². The van der Waals surface area contributed by atoms with Crippen molar-refractivity contribution in [3.8, 4) is 0 Å². The third-order valence-corrected chi connectivity index (χ3v) is 4.90. The van der Waals surface area contributed by atoms with E-state index >= 15 is 0 Å². The Morgan fingerprint density at radius 2 is 1.62 bits per heavy atom. The van der Waals surface area contributed by atoms with Crippen molar-refractivity contribution in [1.82, 2.24) is 10.0 Å². The number of carbonyl (C=O) groups excluding carboxylic acids is 3. The first-order valence-corrected chi connectivity index (χ1v) is 9.32. The number of sulfonamides is 1. The molecule has 0 saturated carbocycles. The number of ether oxygens (including phenoxy) is 1. The van der Waals surface area contributed by atoms with Crippen molar-refractivity contribution in [2.45, 2.75) is 44.7 Å². The zero-order valence-corrected chi connectivity index (χ0v) is 15.8. The van der Waals surface area contributed by atoms with E-state index in [0.717, 1.165) is 5.56 Å². The third kappa shape index (κ3) is 6.12. The number of carbonyl (C=O) groups is 3. The van der Waals surface area contributed by atoms with E-state index in [1.54, 1.807) is 31.3 Å². The lowest BCUT2D eigenvalue weighted by atomic mass is 10.1. The minimum atomic E-state index is -3.97. The van der Waals surface area contributed by atoms with Gasteiger partial charge in [0.25, 0.3) is 5.91 Å². The van der Waals surface area contributed by atoms with Gasteiger partial charge in [-0.1, -0.05) is 31.5 Å². The van der Waals surface area contributed by atoms with Gasteiger partial charge in [0.1, 0.15) is 6.04 Å². The SMILES string of the molecule is Cc1ccc(S(=O)(=O)N[C@@H](C(=O)O[C@H](C)C(=O)NC(N)=O)C(C)C)cc1. The normalized spacial score (nSPS) is 13.7. The summed E-state index contributed by atoms with van der Waals surface area (Å²) in [6, 6.07) is 3.80. The van der Waals surface area contributed by atoms with Crippen LogP contribution in [0.4, 0.5) is 4.79 Å². The summed E-state index contributed by atoms with van der Waals surface area (Å²) < 4.78 is 32.2. The van der Waals surface area contributed by atoms with Gasteiger partial charge in [0.15, 0.2) is 6.10 Å². The van der Waals surface area contributed by atoms with Gasteiger partial charge in [-0.05, 0) is 31.9 Å². The van der Waals surface area contributed by atoms with Crippen LogP contribution in [0, 0.1) is 12.8 Å². The standard InChI is InChI=1S/C16H23N3O6S/c1-9(2)13(15(21)25-11(4)14(20)18-16(17)22)19-26(23,24)12-7-5-10(3)6-8-12/h5-9,11,13,19H,1-4H3,(H3,17,18,20,22)/t11-,13-/m1/s1. The number of rotatable bonds is 7. The molecule has 0 aliphatic carbocycles. The molecule has 26 heavy (non-hydrogen) atoms. The van der Waals surface area contributed by atoms with Crippen LogP contribution >= 0.6 is 0 Å². The molecule has 4 N–H and O–H groups in total. The van der Waals surface area contributed by atoms with Gasteiger partial charge in [-0.15, -0.1) is 0 Å². The summed E-state index contributed by atoms with van der Waals surface area (Å²) in [4.78, 5) is 34.6. The van der Waals surface area contributed by atoms with Gasteiger partial charge >= 0.3 is 12.0 Å². The van der Waals surface area contributed by atoms with Crippen molar-refractivity contribution < 1.29 is 27.5 Å². The van der Waals surface area contributed by atoms with E-state index in [9.17, 15) is 22.8 Å². The largest absolute Gasteiger partial charge is 0.451 e. The van der Waals surface area contributed by atoms with E-state index in [-0.39, 0.29) is 4.90 Å². The molecule has 1 aromatic rings. The average Bonchev–Trinajstić information content (AvgIpc) is 2.52. The molecule has 0 aliphatic rings. The fourth-order valence-electron chi connectivity index (χ4n) is 1.93. The number of imide groups is 1. The minimum absolute atomic E-state index is 0.000991. The van der Waals surface area contributed by atoms with Crippen molar-refractivity contribution in [3.63, 3.8) is 0 Å². The molecule has 10 heteroatoms. The Morgan fingerprint density at radius 1 is 1.08 bits per heavy atom. The summed E-state index contributed by atoms with van der Waals surface area (Å²) in [5.41, 5.74) is 5.71. The molecule has 0 spiro atoms. The summed E-state index contributed by atoms with van der Waals surface area (Å²) in [6.07, 6.45) is -1.32. The van der Waals surface area contributed by atoms with Crippen LogP contribution in [0.15, 0.2) is 29.2 Å². The van der Waals surface area contributed by atoms with E-state index in [1.165, 1.54) is 19.1 Å². The monoisotopic (exact) mass is 385 g/mol.